The van der Waals surface area contributed by atoms with Gasteiger partial charge in [0, 0.05) is 11.1 Å². The Labute approximate surface area is 103 Å². The van der Waals surface area contributed by atoms with E-state index in [0.717, 1.165) is 5.56 Å². The quantitative estimate of drug-likeness (QED) is 0.682. The molecule has 0 amide bonds. The molecule has 3 nitrogen and oxygen atoms in total. The maximum Gasteiger partial charge on any atom is 0.307 e. The number of aliphatic carboxylic acids is 1. The SMILES string of the molecule is COc1cc(C#CCBr)ccc1CC(=O)O. The van der Waals surface area contributed by atoms with Crippen molar-refractivity contribution in [3.05, 3.63) is 29.3 Å². The van der Waals surface area contributed by atoms with E-state index in [9.17, 15) is 4.79 Å². The first-order valence-electron chi connectivity index (χ1n) is 4.61. The number of alkyl halides is 1. The van der Waals surface area contributed by atoms with Crippen LogP contribution in [0.15, 0.2) is 18.2 Å². The first-order chi connectivity index (χ1) is 7.67. The highest BCUT2D eigenvalue weighted by Gasteiger charge is 2.07. The minimum Gasteiger partial charge on any atom is -0.496 e. The van der Waals surface area contributed by atoms with Gasteiger partial charge in [-0.05, 0) is 12.1 Å². The van der Waals surface area contributed by atoms with E-state index >= 15 is 0 Å². The molecule has 0 aliphatic carbocycles. The molecule has 0 aromatic heterocycles. The monoisotopic (exact) mass is 282 g/mol. The van der Waals surface area contributed by atoms with Crippen LogP contribution in [0.3, 0.4) is 0 Å². The maximum atomic E-state index is 10.6. The maximum absolute atomic E-state index is 10.6. The van der Waals surface area contributed by atoms with E-state index < -0.39 is 5.97 Å². The summed E-state index contributed by atoms with van der Waals surface area (Å²) in [5.74, 6) is 5.48. The Morgan fingerprint density at radius 3 is 2.88 bits per heavy atom. The van der Waals surface area contributed by atoms with Crippen molar-refractivity contribution in [3.63, 3.8) is 0 Å². The standard InChI is InChI=1S/C12H11BrO3/c1-16-11-7-9(3-2-6-13)4-5-10(11)8-12(14)15/h4-5,7H,6,8H2,1H3,(H,14,15). The third kappa shape index (κ3) is 3.59. The summed E-state index contributed by atoms with van der Waals surface area (Å²) in [6.45, 7) is 0. The highest BCUT2D eigenvalue weighted by molar-refractivity contribution is 9.09. The molecule has 0 atom stereocenters. The van der Waals surface area contributed by atoms with Gasteiger partial charge in [0.15, 0.2) is 0 Å². The predicted molar refractivity (Wildman–Crippen MR) is 65.0 cm³/mol. The van der Waals surface area contributed by atoms with Crippen molar-refractivity contribution in [1.82, 2.24) is 0 Å². The molecule has 84 valence electrons. The summed E-state index contributed by atoms with van der Waals surface area (Å²) < 4.78 is 5.12. The molecule has 0 aliphatic heterocycles. The van der Waals surface area contributed by atoms with Gasteiger partial charge in [0.05, 0.1) is 18.9 Å². The number of benzene rings is 1. The number of hydrogen-bond acceptors (Lipinski definition) is 2. The number of halogens is 1. The minimum atomic E-state index is -0.877. The molecule has 0 spiro atoms. The van der Waals surface area contributed by atoms with Gasteiger partial charge in [-0.1, -0.05) is 33.8 Å². The Bertz CT molecular complexity index is 443. The summed E-state index contributed by atoms with van der Waals surface area (Å²) >= 11 is 3.21. The molecule has 0 aliphatic rings. The van der Waals surface area contributed by atoms with Crippen LogP contribution in [0.4, 0.5) is 0 Å². The summed E-state index contributed by atoms with van der Waals surface area (Å²) in [7, 11) is 1.52. The van der Waals surface area contributed by atoms with Crippen LogP contribution in [-0.4, -0.2) is 23.5 Å². The van der Waals surface area contributed by atoms with Gasteiger partial charge in [-0.2, -0.15) is 0 Å². The highest BCUT2D eigenvalue weighted by atomic mass is 79.9. The van der Waals surface area contributed by atoms with Crippen LogP contribution in [0, 0.1) is 11.8 Å². The van der Waals surface area contributed by atoms with Crippen LogP contribution < -0.4 is 4.74 Å². The van der Waals surface area contributed by atoms with Gasteiger partial charge in [-0.15, -0.1) is 0 Å². The van der Waals surface area contributed by atoms with Crippen LogP contribution in [0.5, 0.6) is 5.75 Å². The number of carboxylic acid groups (broad SMARTS) is 1. The van der Waals surface area contributed by atoms with Gasteiger partial charge in [-0.25, -0.2) is 0 Å². The normalized spacial score (nSPS) is 9.12. The number of carboxylic acids is 1. The van der Waals surface area contributed by atoms with Crippen LogP contribution in [0.1, 0.15) is 11.1 Å². The average molecular weight is 283 g/mol. The van der Waals surface area contributed by atoms with E-state index in [1.807, 2.05) is 0 Å². The summed E-state index contributed by atoms with van der Waals surface area (Å²) in [6, 6.07) is 5.26. The van der Waals surface area contributed by atoms with Crippen molar-refractivity contribution in [2.75, 3.05) is 12.4 Å². The highest BCUT2D eigenvalue weighted by Crippen LogP contribution is 2.20. The molecule has 1 aromatic carbocycles. The summed E-state index contributed by atoms with van der Waals surface area (Å²) in [5, 5.41) is 9.31. The molecule has 1 rings (SSSR count). The van der Waals surface area contributed by atoms with Crippen molar-refractivity contribution < 1.29 is 14.6 Å². The molecular weight excluding hydrogens is 272 g/mol. The van der Waals surface area contributed by atoms with E-state index in [-0.39, 0.29) is 6.42 Å². The number of hydrogen-bond donors (Lipinski definition) is 1. The van der Waals surface area contributed by atoms with Gasteiger partial charge >= 0.3 is 5.97 Å². The molecule has 0 saturated heterocycles. The first-order valence-corrected chi connectivity index (χ1v) is 5.73. The Morgan fingerprint density at radius 1 is 1.56 bits per heavy atom. The van der Waals surface area contributed by atoms with Crippen molar-refractivity contribution in [2.45, 2.75) is 6.42 Å². The van der Waals surface area contributed by atoms with Crippen molar-refractivity contribution in [2.24, 2.45) is 0 Å². The minimum absolute atomic E-state index is 0.0463. The van der Waals surface area contributed by atoms with Crippen LogP contribution >= 0.6 is 15.9 Å². The topological polar surface area (TPSA) is 46.5 Å². The number of rotatable bonds is 3. The van der Waals surface area contributed by atoms with E-state index in [1.54, 1.807) is 18.2 Å². The van der Waals surface area contributed by atoms with E-state index in [2.05, 4.69) is 27.8 Å². The fourth-order valence-corrected chi connectivity index (χ4v) is 1.41. The fourth-order valence-electron chi connectivity index (χ4n) is 1.27. The molecule has 0 fully saturated rings. The molecule has 0 heterocycles. The summed E-state index contributed by atoms with van der Waals surface area (Å²) in [6.07, 6.45) is -0.0463. The molecule has 16 heavy (non-hydrogen) atoms. The second-order valence-corrected chi connectivity index (χ2v) is 3.59. The molecule has 4 heteroatoms. The van der Waals surface area contributed by atoms with Crippen LogP contribution in [-0.2, 0) is 11.2 Å². The lowest BCUT2D eigenvalue weighted by molar-refractivity contribution is -0.136. The summed E-state index contributed by atoms with van der Waals surface area (Å²) in [5.41, 5.74) is 1.46. The average Bonchev–Trinajstić information content (AvgIpc) is 2.27. The van der Waals surface area contributed by atoms with Crippen molar-refractivity contribution in [1.29, 1.82) is 0 Å². The van der Waals surface area contributed by atoms with Gasteiger partial charge in [0.1, 0.15) is 5.75 Å². The second-order valence-electron chi connectivity index (χ2n) is 3.03. The van der Waals surface area contributed by atoms with E-state index in [1.165, 1.54) is 7.11 Å². The van der Waals surface area contributed by atoms with Crippen LogP contribution in [0.25, 0.3) is 0 Å². The zero-order valence-corrected chi connectivity index (χ0v) is 10.4. The van der Waals surface area contributed by atoms with Gasteiger partial charge in [0.2, 0.25) is 0 Å². The zero-order chi connectivity index (χ0) is 12.0. The third-order valence-corrected chi connectivity index (χ3v) is 2.21. The van der Waals surface area contributed by atoms with E-state index in [4.69, 9.17) is 9.84 Å². The van der Waals surface area contributed by atoms with E-state index in [0.29, 0.717) is 16.6 Å². The molecule has 0 unspecified atom stereocenters. The molecule has 0 saturated carbocycles. The Balaban J connectivity index is 3.01. The van der Waals surface area contributed by atoms with Gasteiger partial charge < -0.3 is 9.84 Å². The number of carbonyl (C=O) groups is 1. The third-order valence-electron chi connectivity index (χ3n) is 1.93. The number of methoxy groups -OCH3 is 1. The Morgan fingerprint density at radius 2 is 2.31 bits per heavy atom. The van der Waals surface area contributed by atoms with Gasteiger partial charge in [0.25, 0.3) is 0 Å². The molecule has 1 N–H and O–H groups in total. The molecule has 0 bridgehead atoms. The smallest absolute Gasteiger partial charge is 0.307 e. The fraction of sp³-hybridized carbons (Fsp3) is 0.250. The zero-order valence-electron chi connectivity index (χ0n) is 8.79. The van der Waals surface area contributed by atoms with Crippen molar-refractivity contribution in [3.8, 4) is 17.6 Å². The lowest BCUT2D eigenvalue weighted by Crippen LogP contribution is -2.02. The first kappa shape index (κ1) is 12.6. The molecular formula is C12H11BrO3. The molecule has 0 radical (unpaired) electrons. The molecule has 1 aromatic rings. The largest absolute Gasteiger partial charge is 0.496 e. The Kier molecular flexibility index (Phi) is 4.87. The predicted octanol–water partition coefficient (Wildman–Crippen LogP) is 2.07. The Hall–Kier alpha value is -1.47. The number of ether oxygens (including phenoxy) is 1. The lowest BCUT2D eigenvalue weighted by Gasteiger charge is -2.06. The van der Waals surface area contributed by atoms with Crippen molar-refractivity contribution >= 4 is 21.9 Å². The lowest BCUT2D eigenvalue weighted by atomic mass is 10.1. The van der Waals surface area contributed by atoms with Crippen LogP contribution in [0.2, 0.25) is 0 Å². The second kappa shape index (κ2) is 6.19. The van der Waals surface area contributed by atoms with Gasteiger partial charge in [-0.3, -0.25) is 4.79 Å². The summed E-state index contributed by atoms with van der Waals surface area (Å²) in [4.78, 5) is 10.6.